The fraction of sp³-hybridized carbons (Fsp3) is 0.667. The van der Waals surface area contributed by atoms with Crippen molar-refractivity contribution in [3.8, 4) is 0 Å². The van der Waals surface area contributed by atoms with E-state index in [1.165, 1.54) is 11.8 Å². The van der Waals surface area contributed by atoms with Gasteiger partial charge in [-0.3, -0.25) is 14.4 Å². The normalized spacial score (nSPS) is 19.9. The molecule has 0 aliphatic carbocycles. The smallest absolute Gasteiger partial charge is 0.326 e. The highest BCUT2D eigenvalue weighted by atomic mass is 32.2. The summed E-state index contributed by atoms with van der Waals surface area (Å²) >= 11 is 1.04. The molecule has 1 aliphatic rings. The monoisotopic (exact) mass is 303 g/mol. The van der Waals surface area contributed by atoms with Gasteiger partial charge in [-0.05, 0) is 12.8 Å². The van der Waals surface area contributed by atoms with E-state index in [1.54, 1.807) is 0 Å². The van der Waals surface area contributed by atoms with Crippen molar-refractivity contribution in [2.75, 3.05) is 6.54 Å². The van der Waals surface area contributed by atoms with Gasteiger partial charge in [0.1, 0.15) is 6.04 Å². The molecule has 0 spiro atoms. The van der Waals surface area contributed by atoms with Gasteiger partial charge in [0.05, 0.1) is 0 Å². The number of carboxylic acid groups (broad SMARTS) is 2. The second-order valence-corrected chi connectivity index (χ2v) is 6.10. The molecule has 0 saturated carbocycles. The van der Waals surface area contributed by atoms with E-state index in [1.807, 2.05) is 0 Å². The lowest BCUT2D eigenvalue weighted by molar-refractivity contribution is -0.149. The van der Waals surface area contributed by atoms with Gasteiger partial charge in [0.2, 0.25) is 5.91 Å². The fourth-order valence-electron chi connectivity index (χ4n) is 2.17. The van der Waals surface area contributed by atoms with Crippen molar-refractivity contribution in [2.45, 2.75) is 43.9 Å². The van der Waals surface area contributed by atoms with Crippen molar-refractivity contribution < 1.29 is 29.4 Å². The van der Waals surface area contributed by atoms with E-state index >= 15 is 0 Å². The van der Waals surface area contributed by atoms with Crippen LogP contribution >= 0.6 is 11.8 Å². The Morgan fingerprint density at radius 2 is 2.05 bits per heavy atom. The lowest BCUT2D eigenvalue weighted by Gasteiger charge is -2.24. The second kappa shape index (κ2) is 7.28. The molecule has 1 rings (SSSR count). The molecule has 1 saturated heterocycles. The second-order valence-electron chi connectivity index (χ2n) is 4.62. The third kappa shape index (κ3) is 4.84. The van der Waals surface area contributed by atoms with Crippen LogP contribution in [0.15, 0.2) is 0 Å². The highest BCUT2D eigenvalue weighted by Crippen LogP contribution is 2.27. The first kappa shape index (κ1) is 16.5. The number of rotatable bonds is 7. The van der Waals surface area contributed by atoms with Crippen LogP contribution in [0.1, 0.15) is 32.6 Å². The SMILES string of the molecule is CC(=O)SC1CC(=O)N(C(CCCC(=O)O)C(=O)O)C1. The summed E-state index contributed by atoms with van der Waals surface area (Å²) in [6.07, 6.45) is 0.315. The summed E-state index contributed by atoms with van der Waals surface area (Å²) < 4.78 is 0. The molecule has 0 aromatic heterocycles. The van der Waals surface area contributed by atoms with Gasteiger partial charge in [-0.2, -0.15) is 0 Å². The van der Waals surface area contributed by atoms with Crippen LogP contribution in [0.25, 0.3) is 0 Å². The average molecular weight is 303 g/mol. The lowest BCUT2D eigenvalue weighted by atomic mass is 10.1. The van der Waals surface area contributed by atoms with Crippen molar-refractivity contribution >= 4 is 34.7 Å². The van der Waals surface area contributed by atoms with Crippen LogP contribution in [-0.4, -0.2) is 55.9 Å². The molecule has 1 amide bonds. The van der Waals surface area contributed by atoms with Crippen LogP contribution in [-0.2, 0) is 19.2 Å². The summed E-state index contributed by atoms with van der Waals surface area (Å²) in [7, 11) is 0. The van der Waals surface area contributed by atoms with Crippen LogP contribution < -0.4 is 0 Å². The summed E-state index contributed by atoms with van der Waals surface area (Å²) in [4.78, 5) is 45.7. The Balaban J connectivity index is 2.62. The molecule has 1 fully saturated rings. The third-order valence-corrected chi connectivity index (χ3v) is 3.97. The van der Waals surface area contributed by atoms with Crippen LogP contribution in [0.3, 0.4) is 0 Å². The number of aliphatic carboxylic acids is 2. The Kier molecular flexibility index (Phi) is 6.00. The van der Waals surface area contributed by atoms with Crippen molar-refractivity contribution in [2.24, 2.45) is 0 Å². The number of thioether (sulfide) groups is 1. The predicted molar refractivity (Wildman–Crippen MR) is 71.3 cm³/mol. The molecule has 2 unspecified atom stereocenters. The maximum atomic E-state index is 11.8. The van der Waals surface area contributed by atoms with E-state index in [9.17, 15) is 19.2 Å². The van der Waals surface area contributed by atoms with Crippen LogP contribution in [0.5, 0.6) is 0 Å². The molecule has 0 aromatic carbocycles. The molecule has 7 nitrogen and oxygen atoms in total. The Morgan fingerprint density at radius 3 is 2.55 bits per heavy atom. The Morgan fingerprint density at radius 1 is 1.40 bits per heavy atom. The summed E-state index contributed by atoms with van der Waals surface area (Å²) in [6, 6.07) is -1.01. The number of hydrogen-bond acceptors (Lipinski definition) is 5. The molecular formula is C12H17NO6S. The van der Waals surface area contributed by atoms with E-state index in [-0.39, 0.29) is 48.5 Å². The maximum absolute atomic E-state index is 11.8. The van der Waals surface area contributed by atoms with E-state index < -0.39 is 18.0 Å². The summed E-state index contributed by atoms with van der Waals surface area (Å²) in [5.41, 5.74) is 0. The fourth-order valence-corrected chi connectivity index (χ4v) is 3.10. The van der Waals surface area contributed by atoms with Gasteiger partial charge in [-0.1, -0.05) is 11.8 Å². The molecule has 112 valence electrons. The Hall–Kier alpha value is -1.57. The minimum absolute atomic E-state index is 0.102. The summed E-state index contributed by atoms with van der Waals surface area (Å²) in [5, 5.41) is 17.4. The van der Waals surface area contributed by atoms with Crippen molar-refractivity contribution in [3.63, 3.8) is 0 Å². The first-order valence-electron chi connectivity index (χ1n) is 6.22. The van der Waals surface area contributed by atoms with E-state index in [0.29, 0.717) is 0 Å². The largest absolute Gasteiger partial charge is 0.481 e. The molecule has 2 N–H and O–H groups in total. The zero-order valence-corrected chi connectivity index (χ0v) is 11.9. The van der Waals surface area contributed by atoms with Crippen molar-refractivity contribution in [1.82, 2.24) is 4.90 Å². The van der Waals surface area contributed by atoms with Gasteiger partial charge in [0, 0.05) is 31.6 Å². The van der Waals surface area contributed by atoms with Crippen LogP contribution in [0, 0.1) is 0 Å². The predicted octanol–water partition coefficient (Wildman–Crippen LogP) is 0.575. The minimum atomic E-state index is -1.14. The highest BCUT2D eigenvalue weighted by molar-refractivity contribution is 8.14. The molecule has 8 heteroatoms. The topological polar surface area (TPSA) is 112 Å². The van der Waals surface area contributed by atoms with Crippen LogP contribution in [0.2, 0.25) is 0 Å². The van der Waals surface area contributed by atoms with E-state index in [4.69, 9.17) is 10.2 Å². The summed E-state index contributed by atoms with van der Waals surface area (Å²) in [5.74, 6) is -2.43. The van der Waals surface area contributed by atoms with Crippen LogP contribution in [0.4, 0.5) is 0 Å². The zero-order chi connectivity index (χ0) is 15.3. The minimum Gasteiger partial charge on any atom is -0.481 e. The quantitative estimate of drug-likeness (QED) is 0.707. The molecule has 1 heterocycles. The molecule has 20 heavy (non-hydrogen) atoms. The number of carbonyl (C=O) groups is 4. The molecule has 0 radical (unpaired) electrons. The first-order valence-corrected chi connectivity index (χ1v) is 7.10. The number of carbonyl (C=O) groups excluding carboxylic acids is 2. The standard InChI is InChI=1S/C12H17NO6S/c1-7(14)20-8-5-10(15)13(6-8)9(12(18)19)3-2-4-11(16)17/h8-9H,2-6H2,1H3,(H,16,17)(H,18,19). The number of hydrogen-bond donors (Lipinski definition) is 2. The van der Waals surface area contributed by atoms with Gasteiger partial charge in [0.15, 0.2) is 5.12 Å². The third-order valence-electron chi connectivity index (χ3n) is 2.99. The maximum Gasteiger partial charge on any atom is 0.326 e. The lowest BCUT2D eigenvalue weighted by Crippen LogP contribution is -2.42. The molecule has 0 bridgehead atoms. The molecule has 0 aromatic rings. The van der Waals surface area contributed by atoms with Gasteiger partial charge in [0.25, 0.3) is 0 Å². The van der Waals surface area contributed by atoms with Gasteiger partial charge < -0.3 is 15.1 Å². The Labute approximate surface area is 120 Å². The van der Waals surface area contributed by atoms with E-state index in [0.717, 1.165) is 11.8 Å². The number of carboxylic acids is 2. The van der Waals surface area contributed by atoms with Gasteiger partial charge in [-0.25, -0.2) is 4.79 Å². The first-order chi connectivity index (χ1) is 9.31. The zero-order valence-electron chi connectivity index (χ0n) is 11.1. The van der Waals surface area contributed by atoms with Gasteiger partial charge in [-0.15, -0.1) is 0 Å². The Bertz CT molecular complexity index is 424. The average Bonchev–Trinajstić information content (AvgIpc) is 2.63. The molecule has 2 atom stereocenters. The molecular weight excluding hydrogens is 286 g/mol. The van der Waals surface area contributed by atoms with E-state index in [2.05, 4.69) is 0 Å². The molecule has 1 aliphatic heterocycles. The highest BCUT2D eigenvalue weighted by Gasteiger charge is 2.38. The summed E-state index contributed by atoms with van der Waals surface area (Å²) in [6.45, 7) is 1.62. The number of likely N-dealkylation sites (tertiary alicyclic amines) is 1. The number of amides is 1. The van der Waals surface area contributed by atoms with Crippen molar-refractivity contribution in [1.29, 1.82) is 0 Å². The van der Waals surface area contributed by atoms with Crippen molar-refractivity contribution in [3.05, 3.63) is 0 Å². The van der Waals surface area contributed by atoms with Gasteiger partial charge >= 0.3 is 11.9 Å². The number of nitrogens with zero attached hydrogens (tertiary/aromatic N) is 1.